The van der Waals surface area contributed by atoms with Crippen molar-refractivity contribution in [2.45, 2.75) is 118 Å². The molecule has 1 aliphatic rings. The number of benzene rings is 4. The zero-order valence-electron chi connectivity index (χ0n) is 30.5. The molecule has 49 heavy (non-hydrogen) atoms. The van der Waals surface area contributed by atoms with Gasteiger partial charge >= 0.3 is 84.2 Å². The number of allylic oxidation sites excluding steroid dienone is 2. The first-order valence-electron chi connectivity index (χ1n) is 18.9. The molecule has 262 valence electrons. The first-order chi connectivity index (χ1) is 24.1. The van der Waals surface area contributed by atoms with Crippen LogP contribution in [-0.2, 0) is 27.3 Å². The number of hydrogen-bond acceptors (Lipinski definition) is 0. The number of rotatable bonds is 18. The minimum atomic E-state index is 0.996. The second kappa shape index (κ2) is 21.5. The predicted molar refractivity (Wildman–Crippen MR) is 208 cm³/mol. The number of nitrogens with zero attached hydrogens (tertiary/aromatic N) is 2. The summed E-state index contributed by atoms with van der Waals surface area (Å²) in [6.07, 6.45) is 17.0. The molecule has 0 aliphatic carbocycles. The van der Waals surface area contributed by atoms with Gasteiger partial charge in [0, 0.05) is 22.3 Å². The van der Waals surface area contributed by atoms with E-state index in [0.29, 0.717) is 0 Å². The molecule has 0 saturated heterocycles. The Morgan fingerprint density at radius 2 is 0.837 bits per heavy atom. The van der Waals surface area contributed by atoms with Crippen molar-refractivity contribution in [2.24, 2.45) is 0 Å². The Hall–Kier alpha value is -3.55. The monoisotopic (exact) mass is 696 g/mol. The van der Waals surface area contributed by atoms with E-state index >= 15 is 0 Å². The molecule has 0 unspecified atom stereocenters. The third-order valence-electron chi connectivity index (χ3n) is 9.30. The molecular formula is C46H58N2Ni. The predicted octanol–water partition coefficient (Wildman–Crippen LogP) is 12.4. The quantitative estimate of drug-likeness (QED) is 0.0562. The van der Waals surface area contributed by atoms with Gasteiger partial charge in [0.25, 0.3) is 0 Å². The van der Waals surface area contributed by atoms with Gasteiger partial charge in [0.15, 0.2) is 0 Å². The van der Waals surface area contributed by atoms with Crippen LogP contribution in [0.15, 0.2) is 120 Å². The van der Waals surface area contributed by atoms with E-state index in [2.05, 4.69) is 125 Å². The molecule has 2 nitrogen and oxygen atoms in total. The van der Waals surface area contributed by atoms with Crippen LogP contribution in [-0.4, -0.2) is 4.70 Å². The van der Waals surface area contributed by atoms with Crippen LogP contribution in [0.4, 0.5) is 0 Å². The summed E-state index contributed by atoms with van der Waals surface area (Å²) in [4.78, 5) is 0. The zero-order valence-corrected chi connectivity index (χ0v) is 31.5. The van der Waals surface area contributed by atoms with Crippen molar-refractivity contribution >= 4 is 20.5 Å². The maximum atomic E-state index is 11.7. The van der Waals surface area contributed by atoms with E-state index in [1.165, 1.54) is 87.4 Å². The van der Waals surface area contributed by atoms with Crippen LogP contribution in [0.3, 0.4) is 0 Å². The summed E-state index contributed by atoms with van der Waals surface area (Å²) in [6, 6.07) is 38.5. The molecule has 0 radical (unpaired) electrons. The van der Waals surface area contributed by atoms with Crippen molar-refractivity contribution in [1.29, 1.82) is 0 Å². The van der Waals surface area contributed by atoms with Crippen LogP contribution < -0.4 is 9.07 Å². The Labute approximate surface area is 304 Å². The minimum absolute atomic E-state index is 0.996. The van der Waals surface area contributed by atoms with Gasteiger partial charge in [0.2, 0.25) is 11.4 Å². The molecule has 0 amide bonds. The number of unbranched alkanes of at least 4 members (excludes halogenated alkanes) is 8. The Kier molecular flexibility index (Phi) is 16.8. The van der Waals surface area contributed by atoms with Gasteiger partial charge in [-0.15, -0.1) is 0 Å². The molecule has 5 rings (SSSR count). The standard InChI is InChI=1S/C34H48N2.2C6H5.Ni/c1-5-9-11-12-13-14-15-16-18-32-31(17-10-6-2)33(29-23-19-27(7-3)20-24-29)36(35)34(32)30-25-21-28(8-4)22-26-30;2*1-2-4-6-5-3-1;/h19-26H,5-18H2,1-4H3;2*1-5H;. The summed E-state index contributed by atoms with van der Waals surface area (Å²) >= 11 is 1.60. The zero-order chi connectivity index (χ0) is 34.7. The van der Waals surface area contributed by atoms with Gasteiger partial charge in [0.1, 0.15) is 0 Å². The molecule has 0 atom stereocenters. The van der Waals surface area contributed by atoms with Crippen molar-refractivity contribution in [3.63, 3.8) is 0 Å². The van der Waals surface area contributed by atoms with Crippen LogP contribution in [0, 0.1) is 0 Å². The fraction of sp³-hybridized carbons (Fsp3) is 0.391. The van der Waals surface area contributed by atoms with Crippen molar-refractivity contribution in [2.75, 3.05) is 0 Å². The topological polar surface area (TPSA) is 25.3 Å². The molecule has 0 aromatic heterocycles. The van der Waals surface area contributed by atoms with E-state index in [1.807, 2.05) is 12.1 Å². The van der Waals surface area contributed by atoms with Gasteiger partial charge in [-0.3, -0.25) is 0 Å². The molecule has 0 saturated carbocycles. The van der Waals surface area contributed by atoms with Crippen LogP contribution in [0.25, 0.3) is 16.9 Å². The van der Waals surface area contributed by atoms with Crippen LogP contribution in [0.2, 0.25) is 0 Å². The summed E-state index contributed by atoms with van der Waals surface area (Å²) in [6.45, 7) is 8.92. The summed E-state index contributed by atoms with van der Waals surface area (Å²) in [7, 11) is 0. The molecule has 0 bridgehead atoms. The SMILES string of the molecule is CCCCCCCCCCC1=C(c2ccc(CC)cc2)[N+](=[N-])C(c2ccc(CC)cc2)=C1CCCC.c1cc[c]([Ni][c]2ccccc2)cc1. The fourth-order valence-corrected chi connectivity index (χ4v) is 7.43. The van der Waals surface area contributed by atoms with Gasteiger partial charge in [0.05, 0.1) is 0 Å². The van der Waals surface area contributed by atoms with Gasteiger partial charge in [-0.1, -0.05) is 103 Å². The number of hydrogen-bond donors (Lipinski definition) is 0. The second-order valence-corrected chi connectivity index (χ2v) is 14.4. The molecule has 1 heterocycles. The van der Waals surface area contributed by atoms with Crippen LogP contribution in [0.1, 0.15) is 127 Å². The third kappa shape index (κ3) is 11.8. The van der Waals surface area contributed by atoms with E-state index in [4.69, 9.17) is 0 Å². The van der Waals surface area contributed by atoms with Crippen molar-refractivity contribution in [3.05, 3.63) is 148 Å². The van der Waals surface area contributed by atoms with Crippen molar-refractivity contribution < 1.29 is 19.1 Å². The first kappa shape index (κ1) is 38.3. The van der Waals surface area contributed by atoms with E-state index in [1.54, 1.807) is 14.4 Å². The van der Waals surface area contributed by atoms with Crippen LogP contribution >= 0.6 is 0 Å². The van der Waals surface area contributed by atoms with Gasteiger partial charge < -0.3 is 5.53 Å². The van der Waals surface area contributed by atoms with Crippen molar-refractivity contribution in [3.8, 4) is 0 Å². The molecule has 3 heteroatoms. The fourth-order valence-electron chi connectivity index (χ4n) is 6.39. The Morgan fingerprint density at radius 1 is 0.449 bits per heavy atom. The molecule has 1 aliphatic heterocycles. The normalized spacial score (nSPS) is 12.9. The number of aryl methyl sites for hydroxylation is 2. The third-order valence-corrected chi connectivity index (χ3v) is 10.5. The van der Waals surface area contributed by atoms with Gasteiger partial charge in [-0.25, -0.2) is 4.70 Å². The van der Waals surface area contributed by atoms with Gasteiger partial charge in [-0.2, -0.15) is 0 Å². The van der Waals surface area contributed by atoms with E-state index in [9.17, 15) is 5.53 Å². The van der Waals surface area contributed by atoms with E-state index in [0.717, 1.165) is 61.0 Å². The Morgan fingerprint density at radius 3 is 1.24 bits per heavy atom. The average Bonchev–Trinajstić information content (AvgIpc) is 3.43. The van der Waals surface area contributed by atoms with Gasteiger partial charge in [-0.05, 0) is 73.9 Å². The van der Waals surface area contributed by atoms with Crippen molar-refractivity contribution in [1.82, 2.24) is 0 Å². The average molecular weight is 698 g/mol. The first-order valence-corrected chi connectivity index (χ1v) is 19.9. The summed E-state index contributed by atoms with van der Waals surface area (Å²) in [5.41, 5.74) is 21.3. The molecule has 4 aromatic carbocycles. The molecule has 0 spiro atoms. The van der Waals surface area contributed by atoms with E-state index in [-0.39, 0.29) is 0 Å². The summed E-state index contributed by atoms with van der Waals surface area (Å²) in [5, 5.41) is 0. The van der Waals surface area contributed by atoms with E-state index < -0.39 is 0 Å². The molecule has 0 fully saturated rings. The summed E-state index contributed by atoms with van der Waals surface area (Å²) in [5.74, 6) is 0. The summed E-state index contributed by atoms with van der Waals surface area (Å²) < 4.78 is 4.13. The molecule has 4 aromatic rings. The Bertz CT molecular complexity index is 1560. The molecular weight excluding hydrogens is 639 g/mol. The molecule has 0 N–H and O–H groups in total. The Balaban J connectivity index is 0.000000344. The maximum absolute atomic E-state index is 11.7. The second-order valence-electron chi connectivity index (χ2n) is 13.0. The van der Waals surface area contributed by atoms with Crippen LogP contribution in [0.5, 0.6) is 0 Å².